The van der Waals surface area contributed by atoms with Gasteiger partial charge in [-0.1, -0.05) is 19.9 Å². The molecule has 0 spiro atoms. The van der Waals surface area contributed by atoms with Gasteiger partial charge in [-0.15, -0.1) is 0 Å². The number of hydrogen-bond acceptors (Lipinski definition) is 3. The van der Waals surface area contributed by atoms with Gasteiger partial charge in [0.1, 0.15) is 0 Å². The van der Waals surface area contributed by atoms with Crippen molar-refractivity contribution in [3.8, 4) is 0 Å². The van der Waals surface area contributed by atoms with Gasteiger partial charge >= 0.3 is 6.18 Å². The largest absolute Gasteiger partial charge is 0.549 e. The summed E-state index contributed by atoms with van der Waals surface area (Å²) in [6.07, 6.45) is -5.47. The Morgan fingerprint density at radius 2 is 1.54 bits per heavy atom. The molecular formula is C18H16F7O3-. The molecule has 0 aromatic heterocycles. The van der Waals surface area contributed by atoms with Crippen molar-refractivity contribution < 1.29 is 45.4 Å². The van der Waals surface area contributed by atoms with E-state index in [2.05, 4.69) is 4.74 Å². The number of aliphatic carboxylic acids is 1. The van der Waals surface area contributed by atoms with Crippen LogP contribution in [0.3, 0.4) is 0 Å². The van der Waals surface area contributed by atoms with Gasteiger partial charge in [0, 0.05) is 30.1 Å². The van der Waals surface area contributed by atoms with E-state index in [0.717, 1.165) is 7.11 Å². The third-order valence-corrected chi connectivity index (χ3v) is 5.41. The molecule has 156 valence electrons. The molecule has 10 heteroatoms. The van der Waals surface area contributed by atoms with Gasteiger partial charge in [0.05, 0.1) is 12.2 Å². The van der Waals surface area contributed by atoms with Gasteiger partial charge in [-0.2, -0.15) is 13.2 Å². The van der Waals surface area contributed by atoms with Crippen LogP contribution < -0.4 is 5.11 Å². The third-order valence-electron chi connectivity index (χ3n) is 5.41. The number of hydrogen-bond donors (Lipinski definition) is 0. The molecular weight excluding hydrogens is 397 g/mol. The Balaban J connectivity index is 2.56. The fourth-order valence-corrected chi connectivity index (χ4v) is 3.73. The van der Waals surface area contributed by atoms with Crippen LogP contribution in [0, 0.1) is 40.0 Å². The Morgan fingerprint density at radius 3 is 1.93 bits per heavy atom. The average molecular weight is 413 g/mol. The van der Waals surface area contributed by atoms with Crippen LogP contribution in [-0.2, 0) is 22.6 Å². The van der Waals surface area contributed by atoms with E-state index in [4.69, 9.17) is 0 Å². The van der Waals surface area contributed by atoms with Crippen molar-refractivity contribution in [2.75, 3.05) is 7.11 Å². The molecule has 0 saturated heterocycles. The van der Waals surface area contributed by atoms with Crippen LogP contribution in [0.15, 0.2) is 12.2 Å². The van der Waals surface area contributed by atoms with E-state index in [1.807, 2.05) is 0 Å². The Labute approximate surface area is 155 Å². The summed E-state index contributed by atoms with van der Waals surface area (Å²) in [5.41, 5.74) is -5.83. The van der Waals surface area contributed by atoms with Crippen molar-refractivity contribution in [1.29, 1.82) is 0 Å². The van der Waals surface area contributed by atoms with Crippen molar-refractivity contribution in [2.45, 2.75) is 33.1 Å². The molecule has 2 atom stereocenters. The number of carboxylic acid groups (broad SMARTS) is 1. The maximum absolute atomic E-state index is 14.4. The van der Waals surface area contributed by atoms with E-state index < -0.39 is 76.3 Å². The van der Waals surface area contributed by atoms with Crippen molar-refractivity contribution in [2.24, 2.45) is 16.7 Å². The van der Waals surface area contributed by atoms with Gasteiger partial charge in [0.25, 0.3) is 0 Å². The molecule has 1 aromatic rings. The minimum Gasteiger partial charge on any atom is -0.549 e. The average Bonchev–Trinajstić information content (AvgIpc) is 3.06. The van der Waals surface area contributed by atoms with E-state index in [1.54, 1.807) is 0 Å². The van der Waals surface area contributed by atoms with E-state index in [9.17, 15) is 40.6 Å². The minimum absolute atomic E-state index is 0.195. The predicted molar refractivity (Wildman–Crippen MR) is 80.6 cm³/mol. The zero-order valence-electron chi connectivity index (χ0n) is 15.0. The van der Waals surface area contributed by atoms with Crippen LogP contribution in [0.1, 0.15) is 25.0 Å². The number of carbonyl (C=O) groups excluding carboxylic acids is 1. The second-order valence-corrected chi connectivity index (χ2v) is 7.18. The molecule has 2 unspecified atom stereocenters. The standard InChI is InChI=1S/C18H17F7O3/c1-16(2)10(4-5-18(23,24)25)17(16,15(26)27)6-8-11(19)13(21)9(7-28-3)14(22)12(8)20/h4-5,10H,6-7H2,1-3H3,(H,26,27)/p-1. The number of rotatable bonds is 6. The SMILES string of the molecule is COCc1c(F)c(F)c(CC2(C(=O)[O-])C(C=CC(F)(F)F)C2(C)C)c(F)c1F. The Kier molecular flexibility index (Phi) is 5.59. The highest BCUT2D eigenvalue weighted by molar-refractivity contribution is 5.80. The highest BCUT2D eigenvalue weighted by Crippen LogP contribution is 2.71. The molecule has 0 amide bonds. The van der Waals surface area contributed by atoms with Crippen molar-refractivity contribution >= 4 is 5.97 Å². The second-order valence-electron chi connectivity index (χ2n) is 7.18. The van der Waals surface area contributed by atoms with Crippen LogP contribution >= 0.6 is 0 Å². The molecule has 1 aliphatic carbocycles. The van der Waals surface area contributed by atoms with Crippen molar-refractivity contribution in [3.63, 3.8) is 0 Å². The number of benzene rings is 1. The fourth-order valence-electron chi connectivity index (χ4n) is 3.73. The Bertz CT molecular complexity index is 800. The zero-order chi connectivity index (χ0) is 21.7. The summed E-state index contributed by atoms with van der Waals surface area (Å²) in [5.74, 6) is -10.4. The quantitative estimate of drug-likeness (QED) is 0.408. The van der Waals surface area contributed by atoms with E-state index in [0.29, 0.717) is 6.08 Å². The molecule has 0 bridgehead atoms. The molecule has 1 aliphatic rings. The maximum atomic E-state index is 14.4. The summed E-state index contributed by atoms with van der Waals surface area (Å²) in [4.78, 5) is 11.7. The van der Waals surface area contributed by atoms with Crippen LogP contribution in [0.25, 0.3) is 0 Å². The summed E-state index contributed by atoms with van der Waals surface area (Å²) in [7, 11) is 1.04. The van der Waals surface area contributed by atoms with Gasteiger partial charge < -0.3 is 14.6 Å². The third kappa shape index (κ3) is 3.38. The molecule has 1 aromatic carbocycles. The summed E-state index contributed by atoms with van der Waals surface area (Å²) in [6.45, 7) is 1.74. The fraction of sp³-hybridized carbons (Fsp3) is 0.500. The molecule has 3 nitrogen and oxygen atoms in total. The lowest BCUT2D eigenvalue weighted by molar-refractivity contribution is -0.315. The molecule has 0 heterocycles. The molecule has 2 rings (SSSR count). The Morgan fingerprint density at radius 1 is 1.07 bits per heavy atom. The van der Waals surface area contributed by atoms with Crippen molar-refractivity contribution in [1.82, 2.24) is 0 Å². The first-order valence-electron chi connectivity index (χ1n) is 8.02. The lowest BCUT2D eigenvalue weighted by Gasteiger charge is -2.23. The topological polar surface area (TPSA) is 49.4 Å². The normalized spacial score (nSPS) is 24.0. The van der Waals surface area contributed by atoms with E-state index in [-0.39, 0.29) is 6.08 Å². The van der Waals surface area contributed by atoms with E-state index in [1.165, 1.54) is 13.8 Å². The summed E-state index contributed by atoms with van der Waals surface area (Å²) in [5, 5.41) is 11.7. The van der Waals surface area contributed by atoms with Gasteiger partial charge in [0.15, 0.2) is 23.3 Å². The molecule has 0 aliphatic heterocycles. The summed E-state index contributed by atoms with van der Waals surface area (Å²) in [6, 6.07) is 0. The molecule has 1 saturated carbocycles. The van der Waals surface area contributed by atoms with Gasteiger partial charge in [-0.05, 0) is 17.8 Å². The number of carbonyl (C=O) groups is 1. The van der Waals surface area contributed by atoms with Gasteiger partial charge in [-0.3, -0.25) is 0 Å². The smallest absolute Gasteiger partial charge is 0.409 e. The minimum atomic E-state index is -4.74. The maximum Gasteiger partial charge on any atom is 0.409 e. The lowest BCUT2D eigenvalue weighted by atomic mass is 9.87. The summed E-state index contributed by atoms with van der Waals surface area (Å²) >= 11 is 0. The molecule has 1 fully saturated rings. The highest BCUT2D eigenvalue weighted by atomic mass is 19.4. The van der Waals surface area contributed by atoms with Gasteiger partial charge in [0.2, 0.25) is 0 Å². The first-order chi connectivity index (χ1) is 12.7. The number of carboxylic acids is 1. The number of ether oxygens (including phenoxy) is 1. The van der Waals surface area contributed by atoms with Crippen LogP contribution in [0.2, 0.25) is 0 Å². The lowest BCUT2D eigenvalue weighted by Crippen LogP contribution is -2.38. The van der Waals surface area contributed by atoms with Gasteiger partial charge in [-0.25, -0.2) is 17.6 Å². The summed E-state index contributed by atoms with van der Waals surface area (Å²) < 4.78 is 98.7. The number of methoxy groups -OCH3 is 1. The number of halogens is 7. The number of alkyl halides is 3. The Hall–Kier alpha value is -2.10. The molecule has 0 N–H and O–H groups in total. The monoisotopic (exact) mass is 413 g/mol. The first kappa shape index (κ1) is 22.2. The molecule has 0 radical (unpaired) electrons. The van der Waals surface area contributed by atoms with Crippen LogP contribution in [-0.4, -0.2) is 19.3 Å². The predicted octanol–water partition coefficient (Wildman–Crippen LogP) is 3.44. The highest BCUT2D eigenvalue weighted by Gasteiger charge is 2.71. The molecule has 28 heavy (non-hydrogen) atoms. The first-order valence-corrected chi connectivity index (χ1v) is 8.02. The van der Waals surface area contributed by atoms with Crippen molar-refractivity contribution in [3.05, 3.63) is 46.5 Å². The number of allylic oxidation sites excluding steroid dienone is 2. The second kappa shape index (κ2) is 7.06. The van der Waals surface area contributed by atoms with Crippen LogP contribution in [0.5, 0.6) is 0 Å². The van der Waals surface area contributed by atoms with Crippen LogP contribution in [0.4, 0.5) is 30.7 Å². The van der Waals surface area contributed by atoms with E-state index >= 15 is 0 Å². The zero-order valence-corrected chi connectivity index (χ0v) is 15.0.